The number of methoxy groups -OCH3 is 3. The highest BCUT2D eigenvalue weighted by atomic mass is 35.5. The first kappa shape index (κ1) is 25.3. The number of nitrogens with zero attached hydrogens (tertiary/aromatic N) is 1. The lowest BCUT2D eigenvalue weighted by Gasteiger charge is -2.32. The van der Waals surface area contributed by atoms with Gasteiger partial charge in [0.05, 0.1) is 50.1 Å². The van der Waals surface area contributed by atoms with Crippen molar-refractivity contribution in [2.45, 2.75) is 12.6 Å². The fourth-order valence-electron chi connectivity index (χ4n) is 4.16. The van der Waals surface area contributed by atoms with Crippen LogP contribution in [0.4, 0.5) is 0 Å². The van der Waals surface area contributed by atoms with Crippen LogP contribution in [0.25, 0.3) is 16.2 Å². The van der Waals surface area contributed by atoms with Gasteiger partial charge in [0.1, 0.15) is 0 Å². The van der Waals surface area contributed by atoms with Crippen molar-refractivity contribution in [3.05, 3.63) is 87.4 Å². The van der Waals surface area contributed by atoms with Gasteiger partial charge in [0.15, 0.2) is 11.5 Å². The van der Waals surface area contributed by atoms with Gasteiger partial charge in [-0.05, 0) is 35.4 Å². The molecule has 2 heterocycles. The molecule has 1 aliphatic heterocycles. The molecule has 0 fully saturated rings. The fraction of sp³-hybridized carbons (Fsp3) is 0.185. The Morgan fingerprint density at radius 3 is 2.47 bits per heavy atom. The molecule has 7 nitrogen and oxygen atoms in total. The number of ether oxygens (including phenoxy) is 3. The van der Waals surface area contributed by atoms with Crippen molar-refractivity contribution in [2.75, 3.05) is 21.3 Å². The summed E-state index contributed by atoms with van der Waals surface area (Å²) < 4.78 is 16.3. The van der Waals surface area contributed by atoms with E-state index in [4.69, 9.17) is 25.8 Å². The SMILES string of the molecule is C=CC1c2cc(OC)c(O)cc2C=C(C(=O)OC)C(C(=O)OC)=CN1Cc1sc2ccccc2c1Cl. The van der Waals surface area contributed by atoms with E-state index >= 15 is 0 Å². The fourth-order valence-corrected chi connectivity index (χ4v) is 5.66. The predicted octanol–water partition coefficient (Wildman–Crippen LogP) is 5.63. The van der Waals surface area contributed by atoms with Crippen molar-refractivity contribution in [1.29, 1.82) is 0 Å². The third-order valence-corrected chi connectivity index (χ3v) is 7.61. The van der Waals surface area contributed by atoms with E-state index in [1.807, 2.05) is 29.2 Å². The zero-order valence-electron chi connectivity index (χ0n) is 19.9. The average molecular weight is 526 g/mol. The zero-order valence-corrected chi connectivity index (χ0v) is 21.5. The van der Waals surface area contributed by atoms with E-state index in [9.17, 15) is 14.7 Å². The monoisotopic (exact) mass is 525 g/mol. The molecule has 1 aliphatic rings. The summed E-state index contributed by atoms with van der Waals surface area (Å²) in [4.78, 5) is 28.4. The van der Waals surface area contributed by atoms with Crippen molar-refractivity contribution in [3.63, 3.8) is 0 Å². The van der Waals surface area contributed by atoms with Gasteiger partial charge in [-0.1, -0.05) is 35.9 Å². The number of phenolic OH excluding ortho intramolecular Hbond substituents is 1. The van der Waals surface area contributed by atoms with Crippen LogP contribution in [0.5, 0.6) is 11.5 Å². The van der Waals surface area contributed by atoms with E-state index in [2.05, 4.69) is 6.58 Å². The first-order valence-corrected chi connectivity index (χ1v) is 12.1. The molecule has 1 atom stereocenters. The van der Waals surface area contributed by atoms with E-state index in [0.29, 0.717) is 22.7 Å². The molecule has 0 bridgehead atoms. The number of phenols is 1. The maximum atomic E-state index is 12.9. The van der Waals surface area contributed by atoms with E-state index in [1.165, 1.54) is 44.8 Å². The zero-order chi connectivity index (χ0) is 26.0. The molecule has 2 aromatic carbocycles. The second-order valence-electron chi connectivity index (χ2n) is 7.93. The second kappa shape index (κ2) is 10.5. The third kappa shape index (κ3) is 4.57. The lowest BCUT2D eigenvalue weighted by molar-refractivity contribution is -0.139. The molecule has 0 aliphatic carbocycles. The Morgan fingerprint density at radius 2 is 1.83 bits per heavy atom. The number of rotatable bonds is 6. The Morgan fingerprint density at radius 1 is 1.14 bits per heavy atom. The van der Waals surface area contributed by atoms with Crippen molar-refractivity contribution in [3.8, 4) is 11.5 Å². The van der Waals surface area contributed by atoms with Crippen LogP contribution in [0, 0.1) is 0 Å². The predicted molar refractivity (Wildman–Crippen MR) is 140 cm³/mol. The maximum Gasteiger partial charge on any atom is 0.340 e. The molecule has 3 aromatic rings. The van der Waals surface area contributed by atoms with Crippen LogP contribution in [-0.2, 0) is 25.6 Å². The molecular formula is C27H24ClNO6S. The largest absolute Gasteiger partial charge is 0.504 e. The smallest absolute Gasteiger partial charge is 0.340 e. The minimum absolute atomic E-state index is 0.00519. The summed E-state index contributed by atoms with van der Waals surface area (Å²) in [5, 5.41) is 12.0. The normalized spacial score (nSPS) is 15.2. The van der Waals surface area contributed by atoms with Gasteiger partial charge in [0.2, 0.25) is 0 Å². The second-order valence-corrected chi connectivity index (χ2v) is 9.44. The van der Waals surface area contributed by atoms with E-state index in [-0.39, 0.29) is 22.6 Å². The summed E-state index contributed by atoms with van der Waals surface area (Å²) in [5.74, 6) is -1.32. The molecule has 0 spiro atoms. The molecular weight excluding hydrogens is 502 g/mol. The number of hydrogen-bond donors (Lipinski definition) is 1. The van der Waals surface area contributed by atoms with E-state index < -0.39 is 18.0 Å². The van der Waals surface area contributed by atoms with E-state index in [0.717, 1.165) is 15.0 Å². The molecule has 1 aromatic heterocycles. The van der Waals surface area contributed by atoms with Gasteiger partial charge in [-0.25, -0.2) is 9.59 Å². The van der Waals surface area contributed by atoms with Crippen LogP contribution >= 0.6 is 22.9 Å². The lowest BCUT2D eigenvalue weighted by atomic mass is 9.92. The number of hydrogen-bond acceptors (Lipinski definition) is 8. The Kier molecular flexibility index (Phi) is 7.37. The Bertz CT molecular complexity index is 1420. The Labute approximate surface area is 217 Å². The summed E-state index contributed by atoms with van der Waals surface area (Å²) in [6.45, 7) is 4.32. The van der Waals surface area contributed by atoms with E-state index in [1.54, 1.807) is 18.3 Å². The summed E-state index contributed by atoms with van der Waals surface area (Å²) in [6, 6.07) is 10.5. The summed E-state index contributed by atoms with van der Waals surface area (Å²) in [7, 11) is 3.91. The molecule has 0 saturated carbocycles. The molecule has 36 heavy (non-hydrogen) atoms. The third-order valence-electron chi connectivity index (χ3n) is 5.91. The van der Waals surface area contributed by atoms with Crippen LogP contribution in [0.3, 0.4) is 0 Å². The summed E-state index contributed by atoms with van der Waals surface area (Å²) in [6.07, 6.45) is 4.76. The van der Waals surface area contributed by atoms with Crippen LogP contribution in [-0.4, -0.2) is 43.3 Å². The first-order valence-electron chi connectivity index (χ1n) is 10.9. The molecule has 4 rings (SSSR count). The van der Waals surface area contributed by atoms with Gasteiger partial charge in [-0.15, -0.1) is 17.9 Å². The number of esters is 2. The minimum atomic E-state index is -0.732. The van der Waals surface area contributed by atoms with Crippen LogP contribution in [0.15, 0.2) is 66.4 Å². The van der Waals surface area contributed by atoms with Crippen molar-refractivity contribution < 1.29 is 28.9 Å². The number of aromatic hydroxyl groups is 1. The minimum Gasteiger partial charge on any atom is -0.504 e. The molecule has 9 heteroatoms. The molecule has 0 radical (unpaired) electrons. The van der Waals surface area contributed by atoms with Crippen molar-refractivity contribution >= 4 is 51.0 Å². The number of carbonyl (C=O) groups excluding carboxylic acids is 2. The van der Waals surface area contributed by atoms with Gasteiger partial charge in [0, 0.05) is 21.2 Å². The number of halogens is 1. The number of fused-ring (bicyclic) bond motifs is 2. The van der Waals surface area contributed by atoms with Crippen LogP contribution < -0.4 is 4.74 Å². The van der Waals surface area contributed by atoms with Gasteiger partial charge < -0.3 is 24.2 Å². The van der Waals surface area contributed by atoms with Gasteiger partial charge in [-0.3, -0.25) is 0 Å². The summed E-state index contributed by atoms with van der Waals surface area (Å²) >= 11 is 8.28. The standard InChI is InChI=1S/C27H24ClNO6S/c1-5-20-17-12-22(33-2)21(30)11-15(17)10-18(26(31)34-3)19(27(32)35-4)13-29(20)14-24-25(28)16-8-6-7-9-23(16)36-24/h5-13,20,30H,1,14H2,2-4H3. The Balaban J connectivity index is 1.98. The molecule has 1 N–H and O–H groups in total. The summed E-state index contributed by atoms with van der Waals surface area (Å²) in [5.41, 5.74) is 1.15. The number of carbonyl (C=O) groups is 2. The highest BCUT2D eigenvalue weighted by Gasteiger charge is 2.30. The molecule has 0 amide bonds. The van der Waals surface area contributed by atoms with Crippen LogP contribution in [0.1, 0.15) is 22.0 Å². The van der Waals surface area contributed by atoms with Crippen molar-refractivity contribution in [2.24, 2.45) is 0 Å². The molecule has 1 unspecified atom stereocenters. The van der Waals surface area contributed by atoms with Gasteiger partial charge in [-0.2, -0.15) is 0 Å². The number of benzene rings is 2. The number of thiophene rings is 1. The molecule has 0 saturated heterocycles. The quantitative estimate of drug-likeness (QED) is 0.330. The van der Waals surface area contributed by atoms with Gasteiger partial charge in [0.25, 0.3) is 0 Å². The Hall–Kier alpha value is -3.75. The highest BCUT2D eigenvalue weighted by molar-refractivity contribution is 7.19. The first-order chi connectivity index (χ1) is 17.3. The van der Waals surface area contributed by atoms with Gasteiger partial charge >= 0.3 is 11.9 Å². The van der Waals surface area contributed by atoms with Crippen molar-refractivity contribution in [1.82, 2.24) is 4.90 Å². The average Bonchev–Trinajstić information content (AvgIpc) is 3.20. The maximum absolute atomic E-state index is 12.9. The highest BCUT2D eigenvalue weighted by Crippen LogP contribution is 2.42. The van der Waals surface area contributed by atoms with Crippen LogP contribution in [0.2, 0.25) is 5.02 Å². The topological polar surface area (TPSA) is 85.3 Å². The lowest BCUT2D eigenvalue weighted by Crippen LogP contribution is -2.27. The molecule has 186 valence electrons.